The van der Waals surface area contributed by atoms with Gasteiger partial charge in [0, 0.05) is 4.47 Å². The van der Waals surface area contributed by atoms with Gasteiger partial charge in [0.15, 0.2) is 0 Å². The lowest BCUT2D eigenvalue weighted by atomic mass is 9.98. The summed E-state index contributed by atoms with van der Waals surface area (Å²) in [5.74, 6) is 1.69. The Morgan fingerprint density at radius 1 is 1.29 bits per heavy atom. The zero-order valence-corrected chi connectivity index (χ0v) is 10.0. The quantitative estimate of drug-likeness (QED) is 0.772. The van der Waals surface area contributed by atoms with E-state index >= 15 is 0 Å². The summed E-state index contributed by atoms with van der Waals surface area (Å²) in [5, 5.41) is 0. The lowest BCUT2D eigenvalue weighted by Gasteiger charge is -2.12. The summed E-state index contributed by atoms with van der Waals surface area (Å²) in [6.07, 6.45) is 5.43. The smallest absolute Gasteiger partial charge is 0.120 e. The van der Waals surface area contributed by atoms with Gasteiger partial charge in [0.2, 0.25) is 0 Å². The molecule has 0 amide bonds. The third-order valence-corrected chi connectivity index (χ3v) is 3.69. The maximum atomic E-state index is 5.18. The van der Waals surface area contributed by atoms with Crippen LogP contribution in [0.15, 0.2) is 22.7 Å². The van der Waals surface area contributed by atoms with E-state index in [1.807, 2.05) is 0 Å². The van der Waals surface area contributed by atoms with Gasteiger partial charge in [-0.1, -0.05) is 34.8 Å². The fraction of sp³-hybridized carbons (Fsp3) is 0.500. The van der Waals surface area contributed by atoms with E-state index < -0.39 is 0 Å². The third kappa shape index (κ3) is 1.95. The van der Waals surface area contributed by atoms with Crippen molar-refractivity contribution in [2.24, 2.45) is 0 Å². The lowest BCUT2D eigenvalue weighted by Crippen LogP contribution is -1.94. The predicted molar refractivity (Wildman–Crippen MR) is 61.9 cm³/mol. The number of rotatable bonds is 2. The number of hydrogen-bond donors (Lipinski definition) is 0. The van der Waals surface area contributed by atoms with Gasteiger partial charge in [-0.2, -0.15) is 0 Å². The summed E-state index contributed by atoms with van der Waals surface area (Å²) >= 11 is 3.62. The molecule has 0 heterocycles. The summed E-state index contributed by atoms with van der Waals surface area (Å²) in [4.78, 5) is 0. The molecule has 0 atom stereocenters. The van der Waals surface area contributed by atoms with Gasteiger partial charge < -0.3 is 4.74 Å². The molecule has 0 unspecified atom stereocenters. The third-order valence-electron chi connectivity index (χ3n) is 3.00. The molecule has 1 aliphatic rings. The molecule has 0 saturated heterocycles. The molecule has 0 radical (unpaired) electrons. The maximum absolute atomic E-state index is 5.18. The fourth-order valence-electron chi connectivity index (χ4n) is 2.20. The molecule has 2 heteroatoms. The minimum absolute atomic E-state index is 0.760. The Labute approximate surface area is 93.6 Å². The molecule has 0 spiro atoms. The first-order chi connectivity index (χ1) is 6.81. The zero-order chi connectivity index (χ0) is 9.97. The van der Waals surface area contributed by atoms with Crippen LogP contribution >= 0.6 is 15.9 Å². The van der Waals surface area contributed by atoms with Crippen molar-refractivity contribution in [1.82, 2.24) is 0 Å². The SMILES string of the molecule is COc1ccc(C2CCCC2)c(Br)c1. The van der Waals surface area contributed by atoms with Crippen LogP contribution in [0.3, 0.4) is 0 Å². The first-order valence-corrected chi connectivity index (χ1v) is 5.94. The van der Waals surface area contributed by atoms with E-state index in [4.69, 9.17) is 4.74 Å². The largest absolute Gasteiger partial charge is 0.497 e. The van der Waals surface area contributed by atoms with E-state index in [9.17, 15) is 0 Å². The molecule has 1 fully saturated rings. The van der Waals surface area contributed by atoms with Crippen molar-refractivity contribution in [3.63, 3.8) is 0 Å². The Morgan fingerprint density at radius 3 is 2.57 bits per heavy atom. The van der Waals surface area contributed by atoms with E-state index in [0.717, 1.165) is 11.7 Å². The minimum atomic E-state index is 0.760. The monoisotopic (exact) mass is 254 g/mol. The molecule has 14 heavy (non-hydrogen) atoms. The molecule has 1 aromatic carbocycles. The van der Waals surface area contributed by atoms with Crippen molar-refractivity contribution in [3.8, 4) is 5.75 Å². The highest BCUT2D eigenvalue weighted by Crippen LogP contribution is 2.38. The average molecular weight is 255 g/mol. The van der Waals surface area contributed by atoms with Crippen LogP contribution < -0.4 is 4.74 Å². The molecular formula is C12H15BrO. The van der Waals surface area contributed by atoms with Crippen LogP contribution in [0.2, 0.25) is 0 Å². The molecular weight excluding hydrogens is 240 g/mol. The molecule has 0 bridgehead atoms. The summed E-state index contributed by atoms with van der Waals surface area (Å²) in [7, 11) is 1.71. The second kappa shape index (κ2) is 4.35. The molecule has 0 N–H and O–H groups in total. The highest BCUT2D eigenvalue weighted by atomic mass is 79.9. The van der Waals surface area contributed by atoms with Crippen LogP contribution in [0.5, 0.6) is 5.75 Å². The van der Waals surface area contributed by atoms with Gasteiger partial charge in [0.25, 0.3) is 0 Å². The molecule has 1 saturated carbocycles. The number of methoxy groups -OCH3 is 1. The van der Waals surface area contributed by atoms with Crippen LogP contribution in [0.4, 0.5) is 0 Å². The topological polar surface area (TPSA) is 9.23 Å². The number of hydrogen-bond acceptors (Lipinski definition) is 1. The van der Waals surface area contributed by atoms with Crippen LogP contribution in [-0.2, 0) is 0 Å². The van der Waals surface area contributed by atoms with Crippen molar-refractivity contribution in [2.45, 2.75) is 31.6 Å². The first kappa shape index (κ1) is 10.0. The van der Waals surface area contributed by atoms with E-state index in [2.05, 4.69) is 34.1 Å². The van der Waals surface area contributed by atoms with Gasteiger partial charge in [0.1, 0.15) is 5.75 Å². The van der Waals surface area contributed by atoms with Crippen LogP contribution in [0.25, 0.3) is 0 Å². The van der Waals surface area contributed by atoms with Crippen molar-refractivity contribution in [2.75, 3.05) is 7.11 Å². The van der Waals surface area contributed by atoms with Crippen LogP contribution in [0.1, 0.15) is 37.2 Å². The summed E-state index contributed by atoms with van der Waals surface area (Å²) in [5.41, 5.74) is 1.45. The zero-order valence-electron chi connectivity index (χ0n) is 8.42. The number of halogens is 1. The lowest BCUT2D eigenvalue weighted by molar-refractivity contribution is 0.414. The second-order valence-corrected chi connectivity index (χ2v) is 4.72. The van der Waals surface area contributed by atoms with Gasteiger partial charge in [-0.3, -0.25) is 0 Å². The average Bonchev–Trinajstić information content (AvgIpc) is 2.70. The highest BCUT2D eigenvalue weighted by molar-refractivity contribution is 9.10. The Balaban J connectivity index is 2.25. The molecule has 0 aliphatic heterocycles. The van der Waals surface area contributed by atoms with Crippen molar-refractivity contribution >= 4 is 15.9 Å². The Kier molecular flexibility index (Phi) is 3.12. The molecule has 76 valence electrons. The van der Waals surface area contributed by atoms with Crippen molar-refractivity contribution in [1.29, 1.82) is 0 Å². The Morgan fingerprint density at radius 2 is 2.00 bits per heavy atom. The Bertz CT molecular complexity index is 316. The molecule has 0 aromatic heterocycles. The second-order valence-electron chi connectivity index (χ2n) is 3.87. The van der Waals surface area contributed by atoms with Crippen molar-refractivity contribution in [3.05, 3.63) is 28.2 Å². The number of benzene rings is 1. The van der Waals surface area contributed by atoms with Crippen LogP contribution in [-0.4, -0.2) is 7.11 Å². The fourth-order valence-corrected chi connectivity index (χ4v) is 2.88. The molecule has 2 rings (SSSR count). The summed E-state index contributed by atoms with van der Waals surface area (Å²) in [6, 6.07) is 6.31. The van der Waals surface area contributed by atoms with Crippen molar-refractivity contribution < 1.29 is 4.74 Å². The van der Waals surface area contributed by atoms with E-state index in [1.165, 1.54) is 35.7 Å². The van der Waals surface area contributed by atoms with E-state index in [0.29, 0.717) is 0 Å². The summed E-state index contributed by atoms with van der Waals surface area (Å²) < 4.78 is 6.38. The molecule has 1 aliphatic carbocycles. The van der Waals surface area contributed by atoms with Crippen LogP contribution in [0, 0.1) is 0 Å². The van der Waals surface area contributed by atoms with E-state index in [-0.39, 0.29) is 0 Å². The maximum Gasteiger partial charge on any atom is 0.120 e. The molecule has 1 aromatic rings. The first-order valence-electron chi connectivity index (χ1n) is 5.14. The predicted octanol–water partition coefficient (Wildman–Crippen LogP) is 4.12. The Hall–Kier alpha value is -0.500. The van der Waals surface area contributed by atoms with Gasteiger partial charge in [-0.15, -0.1) is 0 Å². The van der Waals surface area contributed by atoms with Gasteiger partial charge in [-0.25, -0.2) is 0 Å². The van der Waals surface area contributed by atoms with Gasteiger partial charge in [0.05, 0.1) is 7.11 Å². The van der Waals surface area contributed by atoms with Gasteiger partial charge >= 0.3 is 0 Å². The minimum Gasteiger partial charge on any atom is -0.497 e. The summed E-state index contributed by atoms with van der Waals surface area (Å²) in [6.45, 7) is 0. The normalized spacial score (nSPS) is 17.3. The number of ether oxygens (including phenoxy) is 1. The standard InChI is InChI=1S/C12H15BrO/c1-14-10-6-7-11(12(13)8-10)9-4-2-3-5-9/h6-9H,2-5H2,1H3. The van der Waals surface area contributed by atoms with E-state index in [1.54, 1.807) is 7.11 Å². The highest BCUT2D eigenvalue weighted by Gasteiger charge is 2.19. The molecule has 1 nitrogen and oxygen atoms in total. The van der Waals surface area contributed by atoms with Gasteiger partial charge in [-0.05, 0) is 36.5 Å².